The number of aliphatic hydroxyl groups excluding tert-OH is 2. The summed E-state index contributed by atoms with van der Waals surface area (Å²) < 4.78 is 0. The van der Waals surface area contributed by atoms with Crippen molar-refractivity contribution in [1.29, 1.82) is 0 Å². The third-order valence-electron chi connectivity index (χ3n) is 9.09. The van der Waals surface area contributed by atoms with Gasteiger partial charge in [-0.2, -0.15) is 0 Å². The first kappa shape index (κ1) is 48.6. The molecule has 0 radical (unpaired) electrons. The lowest BCUT2D eigenvalue weighted by Crippen LogP contribution is -2.45. The first-order valence-electron chi connectivity index (χ1n) is 21.3. The first-order valence-corrected chi connectivity index (χ1v) is 21.3. The Morgan fingerprint density at radius 1 is 0.490 bits per heavy atom. The molecule has 4 heteroatoms. The van der Waals surface area contributed by atoms with Gasteiger partial charge in [0.1, 0.15) is 0 Å². The molecule has 2 atom stereocenters. The number of carbonyl (C=O) groups excluding carboxylic acids is 1. The molecule has 292 valence electrons. The van der Waals surface area contributed by atoms with Gasteiger partial charge in [0.2, 0.25) is 5.91 Å². The number of hydrogen-bond donors (Lipinski definition) is 3. The van der Waals surface area contributed by atoms with Crippen LogP contribution in [0.4, 0.5) is 0 Å². The van der Waals surface area contributed by atoms with Crippen LogP contribution in [-0.2, 0) is 4.79 Å². The van der Waals surface area contributed by atoms with Crippen LogP contribution in [-0.4, -0.2) is 34.9 Å². The molecule has 0 spiro atoms. The molecule has 0 bridgehead atoms. The quantitative estimate of drug-likeness (QED) is 0.0445. The van der Waals surface area contributed by atoms with Gasteiger partial charge in [0.15, 0.2) is 0 Å². The van der Waals surface area contributed by atoms with Crippen LogP contribution in [0, 0.1) is 0 Å². The number of nitrogens with one attached hydrogen (secondary N) is 1. The van der Waals surface area contributed by atoms with Crippen LogP contribution < -0.4 is 5.32 Å². The maximum absolute atomic E-state index is 12.4. The highest BCUT2D eigenvalue weighted by Gasteiger charge is 2.17. The van der Waals surface area contributed by atoms with Crippen molar-refractivity contribution in [3.05, 3.63) is 85.1 Å². The van der Waals surface area contributed by atoms with Gasteiger partial charge in [-0.25, -0.2) is 0 Å². The van der Waals surface area contributed by atoms with E-state index in [1.807, 2.05) is 6.08 Å². The summed E-state index contributed by atoms with van der Waals surface area (Å²) in [5.74, 6) is -0.0873. The third-order valence-corrected chi connectivity index (χ3v) is 9.09. The molecule has 1 amide bonds. The summed E-state index contributed by atoms with van der Waals surface area (Å²) in [7, 11) is 0. The van der Waals surface area contributed by atoms with Crippen molar-refractivity contribution in [2.24, 2.45) is 0 Å². The van der Waals surface area contributed by atoms with E-state index in [9.17, 15) is 15.0 Å². The molecular weight excluding hydrogens is 627 g/mol. The Balaban J connectivity index is 3.67. The molecule has 51 heavy (non-hydrogen) atoms. The number of rotatable bonds is 37. The lowest BCUT2D eigenvalue weighted by atomic mass is 10.0. The van der Waals surface area contributed by atoms with E-state index in [-0.39, 0.29) is 12.5 Å². The Kier molecular flexibility index (Phi) is 40.0. The lowest BCUT2D eigenvalue weighted by Gasteiger charge is -2.19. The van der Waals surface area contributed by atoms with Gasteiger partial charge >= 0.3 is 0 Å². The predicted octanol–water partition coefficient (Wildman–Crippen LogP) is 13.3. The number of hydrogen-bond acceptors (Lipinski definition) is 3. The molecule has 0 heterocycles. The van der Waals surface area contributed by atoms with E-state index in [1.54, 1.807) is 6.08 Å². The highest BCUT2D eigenvalue weighted by Crippen LogP contribution is 2.13. The zero-order chi connectivity index (χ0) is 37.1. The van der Waals surface area contributed by atoms with E-state index in [0.717, 1.165) is 70.6 Å². The number of amides is 1. The molecule has 0 aliphatic carbocycles. The SMILES string of the molecule is CC/C=C\C/C=C\C/C=C\C/C=C\CCCCCCCCCCCCC(=O)NC(CO)C(O)/C=C/CC/C=C/CC/C=C/CCCCCCCC. The normalized spacial score (nSPS) is 13.9. The third kappa shape index (κ3) is 38.6. The molecule has 0 aromatic carbocycles. The standard InChI is InChI=1S/C47H81NO3/c1-3-5-7-9-11-13-15-17-19-21-22-23-24-25-26-27-29-31-33-35-37-39-41-43-47(51)48-45(44-49)46(50)42-40-38-36-34-32-30-28-20-18-16-14-12-10-8-6-4-2/h5,7,11,13,17-20,22-23,32,34,40,42,45-46,49-50H,3-4,6,8-10,12,14-16,21,24-31,33,35-39,41,43-44H2,1-2H3,(H,48,51)/b7-5-,13-11-,19-17-,20-18+,23-22-,34-32+,42-40+. The number of carbonyl (C=O) groups is 1. The first-order chi connectivity index (χ1) is 25.2. The van der Waals surface area contributed by atoms with Crippen LogP contribution in [0.2, 0.25) is 0 Å². The zero-order valence-electron chi connectivity index (χ0n) is 33.3. The second kappa shape index (κ2) is 42.0. The van der Waals surface area contributed by atoms with Crippen molar-refractivity contribution >= 4 is 5.91 Å². The van der Waals surface area contributed by atoms with E-state index >= 15 is 0 Å². The monoisotopic (exact) mass is 708 g/mol. The molecule has 4 nitrogen and oxygen atoms in total. The molecule has 0 fully saturated rings. The van der Waals surface area contributed by atoms with Crippen molar-refractivity contribution < 1.29 is 15.0 Å². The second-order valence-corrected chi connectivity index (χ2v) is 14.0. The second-order valence-electron chi connectivity index (χ2n) is 14.0. The highest BCUT2D eigenvalue weighted by molar-refractivity contribution is 5.76. The van der Waals surface area contributed by atoms with Gasteiger partial charge in [0.25, 0.3) is 0 Å². The predicted molar refractivity (Wildman–Crippen MR) is 225 cm³/mol. The van der Waals surface area contributed by atoms with Gasteiger partial charge in [-0.05, 0) is 83.5 Å². The summed E-state index contributed by atoms with van der Waals surface area (Å²) in [6.07, 6.45) is 61.1. The largest absolute Gasteiger partial charge is 0.394 e. The Labute approximate surface area is 316 Å². The van der Waals surface area contributed by atoms with Gasteiger partial charge in [-0.1, -0.05) is 182 Å². The van der Waals surface area contributed by atoms with Gasteiger partial charge < -0.3 is 15.5 Å². The van der Waals surface area contributed by atoms with Crippen molar-refractivity contribution in [3.8, 4) is 0 Å². The average Bonchev–Trinajstić information content (AvgIpc) is 3.13. The van der Waals surface area contributed by atoms with Crippen LogP contribution in [0.5, 0.6) is 0 Å². The summed E-state index contributed by atoms with van der Waals surface area (Å²) in [6.45, 7) is 4.16. The summed E-state index contributed by atoms with van der Waals surface area (Å²) in [6, 6.07) is -0.652. The molecule has 0 aromatic rings. The van der Waals surface area contributed by atoms with E-state index in [2.05, 4.69) is 92.1 Å². The fourth-order valence-electron chi connectivity index (χ4n) is 5.85. The Hall–Kier alpha value is -2.43. The van der Waals surface area contributed by atoms with Crippen molar-refractivity contribution in [1.82, 2.24) is 5.32 Å². The Morgan fingerprint density at radius 2 is 0.882 bits per heavy atom. The number of allylic oxidation sites excluding steroid dienone is 13. The summed E-state index contributed by atoms with van der Waals surface area (Å²) in [5.41, 5.74) is 0. The van der Waals surface area contributed by atoms with E-state index in [0.29, 0.717) is 6.42 Å². The van der Waals surface area contributed by atoms with Gasteiger partial charge in [-0.3, -0.25) is 4.79 Å². The maximum Gasteiger partial charge on any atom is 0.220 e. The van der Waals surface area contributed by atoms with Crippen molar-refractivity contribution in [3.63, 3.8) is 0 Å². The number of aliphatic hydroxyl groups is 2. The molecule has 0 aliphatic rings. The Bertz CT molecular complexity index is 941. The van der Waals surface area contributed by atoms with Gasteiger partial charge in [0, 0.05) is 6.42 Å². The van der Waals surface area contributed by atoms with Crippen molar-refractivity contribution in [2.75, 3.05) is 6.61 Å². The maximum atomic E-state index is 12.4. The Morgan fingerprint density at radius 3 is 1.37 bits per heavy atom. The molecule has 0 saturated carbocycles. The van der Waals surface area contributed by atoms with Crippen molar-refractivity contribution in [2.45, 2.75) is 199 Å². The topological polar surface area (TPSA) is 69.6 Å². The lowest BCUT2D eigenvalue weighted by molar-refractivity contribution is -0.123. The minimum Gasteiger partial charge on any atom is -0.394 e. The van der Waals surface area contributed by atoms with Crippen LogP contribution >= 0.6 is 0 Å². The van der Waals surface area contributed by atoms with E-state index in [1.165, 1.54) is 96.3 Å². The fourth-order valence-corrected chi connectivity index (χ4v) is 5.85. The van der Waals surface area contributed by atoms with Crippen LogP contribution in [0.3, 0.4) is 0 Å². The minimum atomic E-state index is -0.875. The van der Waals surface area contributed by atoms with Crippen LogP contribution in [0.15, 0.2) is 85.1 Å². The van der Waals surface area contributed by atoms with Crippen LogP contribution in [0.1, 0.15) is 187 Å². The number of unbranched alkanes of at least 4 members (excludes halogenated alkanes) is 18. The summed E-state index contributed by atoms with van der Waals surface area (Å²) in [4.78, 5) is 12.4. The molecule has 0 saturated heterocycles. The summed E-state index contributed by atoms with van der Waals surface area (Å²) >= 11 is 0. The van der Waals surface area contributed by atoms with Gasteiger partial charge in [-0.15, -0.1) is 0 Å². The zero-order valence-corrected chi connectivity index (χ0v) is 33.3. The van der Waals surface area contributed by atoms with Gasteiger partial charge in [0.05, 0.1) is 18.8 Å². The van der Waals surface area contributed by atoms with E-state index < -0.39 is 12.1 Å². The molecule has 0 aromatic heterocycles. The smallest absolute Gasteiger partial charge is 0.220 e. The average molecular weight is 708 g/mol. The summed E-state index contributed by atoms with van der Waals surface area (Å²) in [5, 5.41) is 23.0. The molecule has 3 N–H and O–H groups in total. The van der Waals surface area contributed by atoms with Crippen LogP contribution in [0.25, 0.3) is 0 Å². The minimum absolute atomic E-state index is 0.0873. The molecule has 0 aliphatic heterocycles. The molecular formula is C47H81NO3. The fraction of sp³-hybridized carbons (Fsp3) is 0.681. The highest BCUT2D eigenvalue weighted by atomic mass is 16.3. The van der Waals surface area contributed by atoms with E-state index in [4.69, 9.17) is 0 Å². The molecule has 0 rings (SSSR count). The molecule has 2 unspecified atom stereocenters.